The van der Waals surface area contributed by atoms with Crippen LogP contribution in [0.15, 0.2) is 39.9 Å². The number of sulfonamides is 1. The Labute approximate surface area is 184 Å². The molecule has 0 aliphatic heterocycles. The van der Waals surface area contributed by atoms with Crippen LogP contribution in [0.1, 0.15) is 33.1 Å². The van der Waals surface area contributed by atoms with Crippen molar-refractivity contribution < 1.29 is 30.9 Å². The fourth-order valence-electron chi connectivity index (χ4n) is 2.72. The van der Waals surface area contributed by atoms with E-state index >= 15 is 0 Å². The summed E-state index contributed by atoms with van der Waals surface area (Å²) >= 11 is 11.4. The number of pyridine rings is 1. The van der Waals surface area contributed by atoms with Gasteiger partial charge >= 0.3 is 6.18 Å². The molecule has 164 valence electrons. The molecule has 0 amide bonds. The Morgan fingerprint density at radius 1 is 1.16 bits per heavy atom. The van der Waals surface area contributed by atoms with Gasteiger partial charge in [-0.1, -0.05) is 28.4 Å². The number of rotatable bonds is 5. The highest BCUT2D eigenvalue weighted by atomic mass is 35.5. The SMILES string of the molecule is Cc1noc(C)c1C(=O)c1ncc(Cl)cc1NS(=O)(=O)c1ccc(Cl)c(C(F)(F)F)c1. The predicted octanol–water partition coefficient (Wildman–Crippen LogP) is 5.04. The zero-order chi connectivity index (χ0) is 23.1. The van der Waals surface area contributed by atoms with Gasteiger partial charge < -0.3 is 4.52 Å². The molecule has 2 aromatic heterocycles. The minimum atomic E-state index is -4.87. The lowest BCUT2D eigenvalue weighted by molar-refractivity contribution is -0.137. The standard InChI is InChI=1S/C18H12Cl2F3N3O4S/c1-8-15(9(2)30-25-8)17(27)16-14(5-10(19)7-24-16)26-31(28,29)11-3-4-13(20)12(6-11)18(21,22)23/h3-7,26H,1-2H3. The maximum Gasteiger partial charge on any atom is 0.417 e. The minimum Gasteiger partial charge on any atom is -0.361 e. The lowest BCUT2D eigenvalue weighted by atomic mass is 10.1. The Bertz CT molecular complexity index is 1270. The van der Waals surface area contributed by atoms with Crippen molar-refractivity contribution in [3.63, 3.8) is 0 Å². The van der Waals surface area contributed by atoms with Gasteiger partial charge in [0, 0.05) is 6.20 Å². The van der Waals surface area contributed by atoms with E-state index in [1.165, 1.54) is 13.8 Å². The summed E-state index contributed by atoms with van der Waals surface area (Å²) in [6, 6.07) is 3.20. The van der Waals surface area contributed by atoms with Crippen LogP contribution in [0.5, 0.6) is 0 Å². The van der Waals surface area contributed by atoms with Crippen molar-refractivity contribution in [2.75, 3.05) is 4.72 Å². The van der Waals surface area contributed by atoms with E-state index in [0.717, 1.165) is 24.4 Å². The molecule has 0 saturated carbocycles. The van der Waals surface area contributed by atoms with Crippen LogP contribution >= 0.6 is 23.2 Å². The highest BCUT2D eigenvalue weighted by molar-refractivity contribution is 7.92. The van der Waals surface area contributed by atoms with Crippen LogP contribution in [0.3, 0.4) is 0 Å². The molecule has 7 nitrogen and oxygen atoms in total. The van der Waals surface area contributed by atoms with Crippen molar-refractivity contribution in [3.05, 3.63) is 68.8 Å². The summed E-state index contributed by atoms with van der Waals surface area (Å²) in [6.07, 6.45) is -3.75. The summed E-state index contributed by atoms with van der Waals surface area (Å²) in [5.41, 5.74) is -1.68. The monoisotopic (exact) mass is 493 g/mol. The zero-order valence-corrected chi connectivity index (χ0v) is 18.0. The summed E-state index contributed by atoms with van der Waals surface area (Å²) < 4.78 is 71.9. The fraction of sp³-hybridized carbons (Fsp3) is 0.167. The Hall–Kier alpha value is -2.63. The molecule has 0 bridgehead atoms. The Balaban J connectivity index is 2.07. The number of halogens is 5. The first-order valence-electron chi connectivity index (χ1n) is 8.34. The number of carbonyl (C=O) groups excluding carboxylic acids is 1. The number of anilines is 1. The lowest BCUT2D eigenvalue weighted by Crippen LogP contribution is -2.18. The highest BCUT2D eigenvalue weighted by Gasteiger charge is 2.35. The number of aromatic nitrogens is 2. The van der Waals surface area contributed by atoms with Gasteiger partial charge in [-0.15, -0.1) is 0 Å². The predicted molar refractivity (Wildman–Crippen MR) is 106 cm³/mol. The van der Waals surface area contributed by atoms with Gasteiger partial charge in [-0.3, -0.25) is 9.52 Å². The van der Waals surface area contributed by atoms with Crippen molar-refractivity contribution in [2.24, 2.45) is 0 Å². The van der Waals surface area contributed by atoms with Crippen molar-refractivity contribution in [1.82, 2.24) is 10.1 Å². The number of nitrogens with one attached hydrogen (secondary N) is 1. The number of nitrogens with zero attached hydrogens (tertiary/aromatic N) is 2. The van der Waals surface area contributed by atoms with Gasteiger partial charge in [-0.2, -0.15) is 13.2 Å². The van der Waals surface area contributed by atoms with E-state index in [1.807, 2.05) is 0 Å². The molecule has 0 atom stereocenters. The molecule has 0 aliphatic rings. The number of aryl methyl sites for hydroxylation is 2. The summed E-state index contributed by atoms with van der Waals surface area (Å²) in [6.45, 7) is 3.00. The molecule has 2 heterocycles. The quantitative estimate of drug-likeness (QED) is 0.499. The number of ketones is 1. The van der Waals surface area contributed by atoms with Crippen LogP contribution in [0.25, 0.3) is 0 Å². The van der Waals surface area contributed by atoms with Crippen molar-refractivity contribution in [2.45, 2.75) is 24.9 Å². The minimum absolute atomic E-state index is 0.0138. The first-order valence-corrected chi connectivity index (χ1v) is 10.6. The number of alkyl halides is 3. The lowest BCUT2D eigenvalue weighted by Gasteiger charge is -2.14. The van der Waals surface area contributed by atoms with Crippen LogP contribution in [-0.4, -0.2) is 24.3 Å². The molecule has 0 saturated heterocycles. The summed E-state index contributed by atoms with van der Waals surface area (Å²) in [7, 11) is -4.57. The fourth-order valence-corrected chi connectivity index (χ4v) is 4.18. The summed E-state index contributed by atoms with van der Waals surface area (Å²) in [5.74, 6) is -0.529. The molecular weight excluding hydrogens is 482 g/mol. The maximum absolute atomic E-state index is 13.1. The van der Waals surface area contributed by atoms with Gasteiger partial charge in [0.1, 0.15) is 11.5 Å². The molecule has 0 unspecified atom stereocenters. The molecule has 1 N–H and O–H groups in total. The van der Waals surface area contributed by atoms with Crippen LogP contribution in [0, 0.1) is 13.8 Å². The van der Waals surface area contributed by atoms with E-state index in [4.69, 9.17) is 27.7 Å². The molecular formula is C18H12Cl2F3N3O4S. The molecule has 0 spiro atoms. The largest absolute Gasteiger partial charge is 0.417 e. The summed E-state index contributed by atoms with van der Waals surface area (Å²) in [5, 5.41) is 2.99. The number of carbonyl (C=O) groups is 1. The van der Waals surface area contributed by atoms with Gasteiger partial charge in [-0.05, 0) is 38.1 Å². The van der Waals surface area contributed by atoms with Gasteiger partial charge in [-0.25, -0.2) is 13.4 Å². The third kappa shape index (κ3) is 4.68. The number of hydrogen-bond donors (Lipinski definition) is 1. The zero-order valence-electron chi connectivity index (χ0n) is 15.7. The Morgan fingerprint density at radius 2 is 1.84 bits per heavy atom. The van der Waals surface area contributed by atoms with Crippen LogP contribution < -0.4 is 4.72 Å². The molecule has 0 aliphatic carbocycles. The molecule has 0 fully saturated rings. The third-order valence-electron chi connectivity index (χ3n) is 4.13. The molecule has 13 heteroatoms. The van der Waals surface area contributed by atoms with E-state index in [-0.39, 0.29) is 33.4 Å². The van der Waals surface area contributed by atoms with E-state index in [9.17, 15) is 26.4 Å². The Kier molecular flexibility index (Phi) is 6.05. The number of hydrogen-bond acceptors (Lipinski definition) is 6. The van der Waals surface area contributed by atoms with Crippen LogP contribution in [-0.2, 0) is 16.2 Å². The third-order valence-corrected chi connectivity index (χ3v) is 6.03. The molecule has 0 radical (unpaired) electrons. The maximum atomic E-state index is 13.1. The van der Waals surface area contributed by atoms with Crippen molar-refractivity contribution >= 4 is 44.7 Å². The smallest absolute Gasteiger partial charge is 0.361 e. The molecule has 3 rings (SSSR count). The molecule has 31 heavy (non-hydrogen) atoms. The second-order valence-electron chi connectivity index (χ2n) is 6.32. The number of benzene rings is 1. The van der Waals surface area contributed by atoms with Gasteiger partial charge in [0.15, 0.2) is 0 Å². The van der Waals surface area contributed by atoms with Crippen LogP contribution in [0.2, 0.25) is 10.0 Å². The average Bonchev–Trinajstić information content (AvgIpc) is 2.98. The normalized spacial score (nSPS) is 12.1. The van der Waals surface area contributed by atoms with Crippen molar-refractivity contribution in [1.29, 1.82) is 0 Å². The van der Waals surface area contributed by atoms with E-state index in [2.05, 4.69) is 14.9 Å². The van der Waals surface area contributed by atoms with Crippen molar-refractivity contribution in [3.8, 4) is 0 Å². The van der Waals surface area contributed by atoms with Gasteiger partial charge in [0.05, 0.1) is 37.4 Å². The summed E-state index contributed by atoms with van der Waals surface area (Å²) in [4.78, 5) is 16.1. The van der Waals surface area contributed by atoms with E-state index < -0.39 is 37.5 Å². The van der Waals surface area contributed by atoms with Gasteiger partial charge in [0.25, 0.3) is 10.0 Å². The highest BCUT2D eigenvalue weighted by Crippen LogP contribution is 2.36. The van der Waals surface area contributed by atoms with Gasteiger partial charge in [0.2, 0.25) is 5.78 Å². The van der Waals surface area contributed by atoms with Crippen LogP contribution in [0.4, 0.5) is 18.9 Å². The van der Waals surface area contributed by atoms with E-state index in [1.54, 1.807) is 0 Å². The molecule has 1 aromatic carbocycles. The molecule has 3 aromatic rings. The Morgan fingerprint density at radius 3 is 2.42 bits per heavy atom. The second-order valence-corrected chi connectivity index (χ2v) is 8.85. The topological polar surface area (TPSA) is 102 Å². The second kappa shape index (κ2) is 8.13. The average molecular weight is 494 g/mol. The first-order chi connectivity index (χ1) is 14.3. The van der Waals surface area contributed by atoms with E-state index in [0.29, 0.717) is 6.07 Å². The first kappa shape index (κ1) is 23.0.